The van der Waals surface area contributed by atoms with Crippen LogP contribution in [-0.4, -0.2) is 20.0 Å². The molecular weight excluding hydrogens is 289 g/mol. The lowest BCUT2D eigenvalue weighted by Gasteiger charge is -2.10. The fourth-order valence-electron chi connectivity index (χ4n) is 2.03. The van der Waals surface area contributed by atoms with Crippen LogP contribution in [-0.2, 0) is 20.6 Å². The molecule has 22 heavy (non-hydrogen) atoms. The van der Waals surface area contributed by atoms with Crippen molar-refractivity contribution in [2.75, 3.05) is 0 Å². The van der Waals surface area contributed by atoms with Gasteiger partial charge in [-0.15, -0.1) is 0 Å². The van der Waals surface area contributed by atoms with Gasteiger partial charge in [0.25, 0.3) is 5.56 Å². The van der Waals surface area contributed by atoms with Gasteiger partial charge < -0.3 is 5.11 Å². The smallest absolute Gasteiger partial charge is 0.333 e. The lowest BCUT2D eigenvalue weighted by Crippen LogP contribution is -2.39. The minimum atomic E-state index is -0.613. The topological polar surface area (TPSA) is 76.6 Å². The number of aliphatic imine (C=N–C) groups is 1. The van der Waals surface area contributed by atoms with E-state index in [4.69, 9.17) is 0 Å². The zero-order chi connectivity index (χ0) is 16.4. The van der Waals surface area contributed by atoms with Crippen LogP contribution in [0.3, 0.4) is 0 Å². The first-order valence-corrected chi connectivity index (χ1v) is 6.57. The van der Waals surface area contributed by atoms with Crippen LogP contribution in [0.2, 0.25) is 0 Å². The molecule has 0 aliphatic rings. The molecule has 0 aliphatic heterocycles. The largest absolute Gasteiger partial charge is 0.494 e. The molecule has 116 valence electrons. The highest BCUT2D eigenvalue weighted by Crippen LogP contribution is 2.11. The molecule has 0 saturated heterocycles. The van der Waals surface area contributed by atoms with E-state index in [1.807, 2.05) is 0 Å². The Morgan fingerprint density at radius 1 is 1.18 bits per heavy atom. The quantitative estimate of drug-likeness (QED) is 0.857. The Balaban J connectivity index is 2.43. The summed E-state index contributed by atoms with van der Waals surface area (Å²) in [6, 6.07) is 5.82. The first kappa shape index (κ1) is 15.7. The molecule has 1 N–H and O–H groups in total. The molecule has 1 heterocycles. The summed E-state index contributed by atoms with van der Waals surface area (Å²) in [5.41, 5.74) is -0.176. The van der Waals surface area contributed by atoms with Gasteiger partial charge in [-0.2, -0.15) is 0 Å². The van der Waals surface area contributed by atoms with Crippen molar-refractivity contribution in [3.05, 3.63) is 62.0 Å². The molecule has 7 heteroatoms. The molecule has 6 nitrogen and oxygen atoms in total. The van der Waals surface area contributed by atoms with Crippen molar-refractivity contribution < 1.29 is 9.50 Å². The van der Waals surface area contributed by atoms with Crippen LogP contribution in [0.25, 0.3) is 0 Å². The van der Waals surface area contributed by atoms with Crippen molar-refractivity contribution in [1.82, 2.24) is 9.13 Å². The normalized spacial score (nSPS) is 11.7. The maximum atomic E-state index is 12.8. The molecule has 2 aromatic rings. The van der Waals surface area contributed by atoms with Gasteiger partial charge in [-0.1, -0.05) is 12.1 Å². The fourth-order valence-corrected chi connectivity index (χ4v) is 2.03. The molecule has 1 aromatic heterocycles. The summed E-state index contributed by atoms with van der Waals surface area (Å²) in [6.07, 6.45) is 0. The zero-order valence-corrected chi connectivity index (χ0v) is 12.5. The van der Waals surface area contributed by atoms with E-state index in [0.717, 1.165) is 14.7 Å². The Bertz CT molecular complexity index is 848. The molecule has 0 unspecified atom stereocenters. The molecule has 1 aromatic carbocycles. The molecule has 0 bridgehead atoms. The number of rotatable bonds is 3. The Hall–Kier alpha value is -2.70. The van der Waals surface area contributed by atoms with Crippen LogP contribution in [0, 0.1) is 5.82 Å². The maximum Gasteiger partial charge on any atom is 0.333 e. The molecule has 0 radical (unpaired) electrons. The number of aromatic hydroxyl groups is 1. The van der Waals surface area contributed by atoms with E-state index in [1.165, 1.54) is 26.2 Å². The molecule has 0 amide bonds. The predicted molar refractivity (Wildman–Crippen MR) is 80.9 cm³/mol. The molecule has 0 atom stereocenters. The third-order valence-electron chi connectivity index (χ3n) is 3.41. The van der Waals surface area contributed by atoms with Gasteiger partial charge in [0.05, 0.1) is 12.3 Å². The van der Waals surface area contributed by atoms with E-state index in [-0.39, 0.29) is 17.9 Å². The van der Waals surface area contributed by atoms with Crippen LogP contribution in [0.4, 0.5) is 4.39 Å². The number of aromatic nitrogens is 2. The summed E-state index contributed by atoms with van der Waals surface area (Å²) in [4.78, 5) is 28.0. The van der Waals surface area contributed by atoms with Crippen molar-refractivity contribution in [3.63, 3.8) is 0 Å². The van der Waals surface area contributed by atoms with Gasteiger partial charge in [-0.25, -0.2) is 9.18 Å². The highest BCUT2D eigenvalue weighted by atomic mass is 19.1. The van der Waals surface area contributed by atoms with Crippen LogP contribution in [0.5, 0.6) is 5.88 Å². The molecule has 0 fully saturated rings. The summed E-state index contributed by atoms with van der Waals surface area (Å²) in [6.45, 7) is 1.81. The number of benzene rings is 1. The number of nitrogens with zero attached hydrogens (tertiary/aromatic N) is 3. The molecule has 2 rings (SSSR count). The lowest BCUT2D eigenvalue weighted by molar-refractivity contribution is 0.410. The number of halogens is 1. The zero-order valence-electron chi connectivity index (χ0n) is 12.5. The average Bonchev–Trinajstić information content (AvgIpc) is 2.50. The number of hydrogen-bond acceptors (Lipinski definition) is 4. The Labute approximate surface area is 125 Å². The predicted octanol–water partition coefficient (Wildman–Crippen LogP) is 0.938. The summed E-state index contributed by atoms with van der Waals surface area (Å²) in [7, 11) is 2.70. The van der Waals surface area contributed by atoms with Gasteiger partial charge in [0, 0.05) is 14.1 Å². The summed E-state index contributed by atoms with van der Waals surface area (Å²) in [5, 5.41) is 10.0. The second-order valence-corrected chi connectivity index (χ2v) is 4.93. The van der Waals surface area contributed by atoms with E-state index < -0.39 is 17.1 Å². The average molecular weight is 305 g/mol. The van der Waals surface area contributed by atoms with Gasteiger partial charge in [0.2, 0.25) is 5.88 Å². The number of hydrogen-bond donors (Lipinski definition) is 1. The molecule has 0 aliphatic carbocycles. The van der Waals surface area contributed by atoms with Crippen LogP contribution >= 0.6 is 0 Å². The van der Waals surface area contributed by atoms with E-state index in [1.54, 1.807) is 19.1 Å². The van der Waals surface area contributed by atoms with E-state index in [9.17, 15) is 19.1 Å². The Morgan fingerprint density at radius 3 is 2.36 bits per heavy atom. The fraction of sp³-hybridized carbons (Fsp3) is 0.267. The van der Waals surface area contributed by atoms with Gasteiger partial charge in [0.1, 0.15) is 11.4 Å². The Kier molecular flexibility index (Phi) is 4.25. The SMILES string of the molecule is CC(=NCc1ccc(F)cc1)c1c(O)n(C)c(=O)n(C)c1=O. The van der Waals surface area contributed by atoms with Gasteiger partial charge in [0.15, 0.2) is 0 Å². The minimum absolute atomic E-state index is 0.0216. The third kappa shape index (κ3) is 2.83. The van der Waals surface area contributed by atoms with Crippen molar-refractivity contribution in [2.45, 2.75) is 13.5 Å². The standard InChI is InChI=1S/C15H16FN3O3/c1-9(17-8-10-4-6-11(16)7-5-10)12-13(20)18(2)15(22)19(3)14(12)21/h4-7,20H,8H2,1-3H3. The molecular formula is C15H16FN3O3. The third-order valence-corrected chi connectivity index (χ3v) is 3.41. The second kappa shape index (κ2) is 5.97. The summed E-state index contributed by atoms with van der Waals surface area (Å²) < 4.78 is 14.7. The van der Waals surface area contributed by atoms with Crippen molar-refractivity contribution in [1.29, 1.82) is 0 Å². The summed E-state index contributed by atoms with van der Waals surface area (Å²) >= 11 is 0. The maximum absolute atomic E-state index is 12.8. The van der Waals surface area contributed by atoms with Gasteiger partial charge >= 0.3 is 5.69 Å². The lowest BCUT2D eigenvalue weighted by atomic mass is 10.2. The van der Waals surface area contributed by atoms with Crippen molar-refractivity contribution in [3.8, 4) is 5.88 Å². The molecule has 0 spiro atoms. The van der Waals surface area contributed by atoms with Crippen LogP contribution in [0.1, 0.15) is 18.1 Å². The van der Waals surface area contributed by atoms with Crippen molar-refractivity contribution >= 4 is 5.71 Å². The second-order valence-electron chi connectivity index (χ2n) is 4.93. The van der Waals surface area contributed by atoms with Gasteiger partial charge in [-0.3, -0.25) is 18.9 Å². The van der Waals surface area contributed by atoms with Crippen LogP contribution in [0.15, 0.2) is 38.8 Å². The van der Waals surface area contributed by atoms with E-state index in [2.05, 4.69) is 4.99 Å². The first-order chi connectivity index (χ1) is 10.3. The molecule has 0 saturated carbocycles. The minimum Gasteiger partial charge on any atom is -0.494 e. The Morgan fingerprint density at radius 2 is 1.77 bits per heavy atom. The van der Waals surface area contributed by atoms with Gasteiger partial charge in [-0.05, 0) is 24.6 Å². The van der Waals surface area contributed by atoms with Crippen molar-refractivity contribution in [2.24, 2.45) is 19.1 Å². The van der Waals surface area contributed by atoms with E-state index >= 15 is 0 Å². The highest BCUT2D eigenvalue weighted by Gasteiger charge is 2.17. The van der Waals surface area contributed by atoms with E-state index in [0.29, 0.717) is 5.71 Å². The van der Waals surface area contributed by atoms with Crippen LogP contribution < -0.4 is 11.2 Å². The summed E-state index contributed by atoms with van der Waals surface area (Å²) in [5.74, 6) is -0.762. The highest BCUT2D eigenvalue weighted by molar-refractivity contribution is 6.00. The first-order valence-electron chi connectivity index (χ1n) is 6.57. The monoisotopic (exact) mass is 305 g/mol.